The van der Waals surface area contributed by atoms with Crippen molar-refractivity contribution in [3.05, 3.63) is 29.6 Å². The number of pyridine rings is 1. The van der Waals surface area contributed by atoms with Gasteiger partial charge >= 0.3 is 5.97 Å². The van der Waals surface area contributed by atoms with E-state index in [4.69, 9.17) is 0 Å². The zero-order chi connectivity index (χ0) is 12.8. The van der Waals surface area contributed by atoms with E-state index in [0.717, 1.165) is 24.7 Å². The van der Waals surface area contributed by atoms with E-state index < -0.39 is 0 Å². The first-order valence-corrected chi connectivity index (χ1v) is 6.53. The Morgan fingerprint density at radius 2 is 2.22 bits per heavy atom. The molecule has 98 valence electrons. The van der Waals surface area contributed by atoms with Crippen LogP contribution in [0.2, 0.25) is 0 Å². The zero-order valence-corrected chi connectivity index (χ0v) is 10.8. The first-order chi connectivity index (χ1) is 8.79. The molecule has 0 radical (unpaired) electrons. The lowest BCUT2D eigenvalue weighted by atomic mass is 10.1. The highest BCUT2D eigenvalue weighted by Crippen LogP contribution is 2.23. The fourth-order valence-electron chi connectivity index (χ4n) is 2.39. The maximum absolute atomic E-state index is 11.2. The molecule has 18 heavy (non-hydrogen) atoms. The molecule has 1 aliphatic rings. The molecule has 0 spiro atoms. The monoisotopic (exact) mass is 248 g/mol. The van der Waals surface area contributed by atoms with Crippen molar-refractivity contribution in [3.8, 4) is 0 Å². The number of hydrogen-bond acceptors (Lipinski definition) is 4. The van der Waals surface area contributed by atoms with E-state index in [2.05, 4.69) is 15.0 Å². The molecule has 4 heteroatoms. The Morgan fingerprint density at radius 3 is 2.83 bits per heavy atom. The molecule has 1 saturated carbocycles. The fraction of sp³-hybridized carbons (Fsp3) is 0.571. The molecular formula is C14H20N2O2. The van der Waals surface area contributed by atoms with E-state index >= 15 is 0 Å². The van der Waals surface area contributed by atoms with Crippen LogP contribution in [-0.2, 0) is 11.3 Å². The average molecular weight is 248 g/mol. The highest BCUT2D eigenvalue weighted by atomic mass is 16.5. The highest BCUT2D eigenvalue weighted by molar-refractivity contribution is 5.88. The van der Waals surface area contributed by atoms with Crippen LogP contribution in [0.1, 0.15) is 41.7 Å². The van der Waals surface area contributed by atoms with Gasteiger partial charge in [0.05, 0.1) is 18.4 Å². The Labute approximate surface area is 108 Å². The molecule has 0 unspecified atom stereocenters. The van der Waals surface area contributed by atoms with Crippen LogP contribution in [0.25, 0.3) is 0 Å². The highest BCUT2D eigenvalue weighted by Gasteiger charge is 2.14. The van der Waals surface area contributed by atoms with E-state index in [1.54, 1.807) is 12.3 Å². The SMILES string of the molecule is COC(=O)c1ccc(CNCC2CCCC2)nc1. The van der Waals surface area contributed by atoms with Gasteiger partial charge in [-0.3, -0.25) is 4.98 Å². The minimum atomic E-state index is -0.340. The third kappa shape index (κ3) is 3.53. The van der Waals surface area contributed by atoms with Gasteiger partial charge in [0, 0.05) is 12.7 Å². The largest absolute Gasteiger partial charge is 0.465 e. The molecule has 2 rings (SSSR count). The van der Waals surface area contributed by atoms with E-state index in [9.17, 15) is 4.79 Å². The van der Waals surface area contributed by atoms with E-state index in [0.29, 0.717) is 5.56 Å². The van der Waals surface area contributed by atoms with Crippen molar-refractivity contribution in [1.82, 2.24) is 10.3 Å². The molecule has 0 amide bonds. The number of hydrogen-bond donors (Lipinski definition) is 1. The van der Waals surface area contributed by atoms with E-state index in [1.165, 1.54) is 32.8 Å². The summed E-state index contributed by atoms with van der Waals surface area (Å²) >= 11 is 0. The summed E-state index contributed by atoms with van der Waals surface area (Å²) in [6, 6.07) is 3.62. The molecule has 0 bridgehead atoms. The van der Waals surface area contributed by atoms with Crippen molar-refractivity contribution >= 4 is 5.97 Å². The second-order valence-electron chi connectivity index (χ2n) is 4.81. The number of carbonyl (C=O) groups is 1. The third-order valence-corrected chi connectivity index (χ3v) is 3.46. The van der Waals surface area contributed by atoms with Crippen LogP contribution in [-0.4, -0.2) is 24.6 Å². The lowest BCUT2D eigenvalue weighted by Gasteiger charge is -2.10. The number of ether oxygens (including phenoxy) is 1. The maximum atomic E-state index is 11.2. The molecule has 1 N–H and O–H groups in total. The van der Waals surface area contributed by atoms with Crippen LogP contribution in [0, 0.1) is 5.92 Å². The molecule has 0 saturated heterocycles. The van der Waals surface area contributed by atoms with Crippen molar-refractivity contribution in [1.29, 1.82) is 0 Å². The van der Waals surface area contributed by atoms with E-state index in [-0.39, 0.29) is 5.97 Å². The summed E-state index contributed by atoms with van der Waals surface area (Å²) in [5, 5.41) is 3.43. The zero-order valence-electron chi connectivity index (χ0n) is 10.8. The Kier molecular flexibility index (Phi) is 4.70. The molecular weight excluding hydrogens is 228 g/mol. The topological polar surface area (TPSA) is 51.2 Å². The van der Waals surface area contributed by atoms with Crippen molar-refractivity contribution in [3.63, 3.8) is 0 Å². The number of aromatic nitrogens is 1. The second kappa shape index (κ2) is 6.50. The van der Waals surface area contributed by atoms with Crippen molar-refractivity contribution in [2.24, 2.45) is 5.92 Å². The average Bonchev–Trinajstić information content (AvgIpc) is 2.92. The summed E-state index contributed by atoms with van der Waals surface area (Å²) in [5.74, 6) is 0.493. The number of carbonyl (C=O) groups excluding carboxylic acids is 1. The molecule has 0 atom stereocenters. The number of esters is 1. The standard InChI is InChI=1S/C14H20N2O2/c1-18-14(17)12-6-7-13(16-9-12)10-15-8-11-4-2-3-5-11/h6-7,9,11,15H,2-5,8,10H2,1H3. The number of nitrogens with one attached hydrogen (secondary N) is 1. The molecule has 1 aromatic heterocycles. The quantitative estimate of drug-likeness (QED) is 0.811. The summed E-state index contributed by atoms with van der Waals surface area (Å²) in [5.41, 5.74) is 1.46. The van der Waals surface area contributed by atoms with Gasteiger partial charge in [-0.25, -0.2) is 4.79 Å². The van der Waals surface area contributed by atoms with Gasteiger partial charge in [0.25, 0.3) is 0 Å². The number of rotatable bonds is 5. The molecule has 0 aromatic carbocycles. The van der Waals surface area contributed by atoms with Gasteiger partial charge in [0.1, 0.15) is 0 Å². The first kappa shape index (κ1) is 13.0. The number of nitrogens with zero attached hydrogens (tertiary/aromatic N) is 1. The Morgan fingerprint density at radius 1 is 1.44 bits per heavy atom. The molecule has 1 aliphatic carbocycles. The fourth-order valence-corrected chi connectivity index (χ4v) is 2.39. The third-order valence-electron chi connectivity index (χ3n) is 3.46. The normalized spacial score (nSPS) is 15.8. The predicted octanol–water partition coefficient (Wildman–Crippen LogP) is 2.15. The molecule has 1 heterocycles. The minimum absolute atomic E-state index is 0.340. The Hall–Kier alpha value is -1.42. The Balaban J connectivity index is 1.77. The first-order valence-electron chi connectivity index (χ1n) is 6.53. The van der Waals surface area contributed by atoms with Crippen LogP contribution >= 0.6 is 0 Å². The summed E-state index contributed by atoms with van der Waals surface area (Å²) in [4.78, 5) is 15.5. The van der Waals surface area contributed by atoms with Gasteiger partial charge in [0.2, 0.25) is 0 Å². The maximum Gasteiger partial charge on any atom is 0.339 e. The summed E-state index contributed by atoms with van der Waals surface area (Å²) in [6.07, 6.45) is 7.01. The van der Waals surface area contributed by atoms with Crippen LogP contribution in [0.4, 0.5) is 0 Å². The van der Waals surface area contributed by atoms with Gasteiger partial charge in [-0.15, -0.1) is 0 Å². The summed E-state index contributed by atoms with van der Waals surface area (Å²) < 4.78 is 4.63. The van der Waals surface area contributed by atoms with Gasteiger partial charge in [-0.1, -0.05) is 12.8 Å². The molecule has 1 aromatic rings. The summed E-state index contributed by atoms with van der Waals surface area (Å²) in [6.45, 7) is 1.83. The molecule has 0 aliphatic heterocycles. The van der Waals surface area contributed by atoms with E-state index in [1.807, 2.05) is 6.07 Å². The lowest BCUT2D eigenvalue weighted by molar-refractivity contribution is 0.0600. The Bertz CT molecular complexity index is 383. The minimum Gasteiger partial charge on any atom is -0.465 e. The van der Waals surface area contributed by atoms with Gasteiger partial charge < -0.3 is 10.1 Å². The lowest BCUT2D eigenvalue weighted by Crippen LogP contribution is -2.21. The van der Waals surface area contributed by atoms with Gasteiger partial charge in [-0.05, 0) is 37.4 Å². The van der Waals surface area contributed by atoms with Gasteiger partial charge in [0.15, 0.2) is 0 Å². The van der Waals surface area contributed by atoms with Crippen molar-refractivity contribution < 1.29 is 9.53 Å². The number of methoxy groups -OCH3 is 1. The second-order valence-corrected chi connectivity index (χ2v) is 4.81. The van der Waals surface area contributed by atoms with Gasteiger partial charge in [-0.2, -0.15) is 0 Å². The van der Waals surface area contributed by atoms with Crippen LogP contribution in [0.15, 0.2) is 18.3 Å². The van der Waals surface area contributed by atoms with Crippen molar-refractivity contribution in [2.75, 3.05) is 13.7 Å². The smallest absolute Gasteiger partial charge is 0.339 e. The van der Waals surface area contributed by atoms with Crippen LogP contribution in [0.5, 0.6) is 0 Å². The van der Waals surface area contributed by atoms with Crippen LogP contribution < -0.4 is 5.32 Å². The summed E-state index contributed by atoms with van der Waals surface area (Å²) in [7, 11) is 1.37. The molecule has 1 fully saturated rings. The molecule has 4 nitrogen and oxygen atoms in total. The predicted molar refractivity (Wildman–Crippen MR) is 69.2 cm³/mol. The van der Waals surface area contributed by atoms with Crippen molar-refractivity contribution in [2.45, 2.75) is 32.2 Å². The van der Waals surface area contributed by atoms with Crippen LogP contribution in [0.3, 0.4) is 0 Å².